The summed E-state index contributed by atoms with van der Waals surface area (Å²) in [5.74, 6) is -1.56. The van der Waals surface area contributed by atoms with Crippen LogP contribution in [0.1, 0.15) is 55.6 Å². The van der Waals surface area contributed by atoms with Crippen molar-refractivity contribution in [3.8, 4) is 11.1 Å². The number of imide groups is 1. The number of carbonyl (C=O) groups is 4. The molecular formula is C25H26N2O6. The van der Waals surface area contributed by atoms with E-state index in [1.807, 2.05) is 24.3 Å². The fourth-order valence-corrected chi connectivity index (χ4v) is 4.22. The predicted octanol–water partition coefficient (Wildman–Crippen LogP) is 3.69. The van der Waals surface area contributed by atoms with Gasteiger partial charge in [-0.05, 0) is 35.1 Å². The number of nitrogens with one attached hydrogen (secondary N) is 1. The Morgan fingerprint density at radius 2 is 1.48 bits per heavy atom. The molecule has 4 rings (SSSR count). The van der Waals surface area contributed by atoms with Gasteiger partial charge in [0.25, 0.3) is 11.8 Å². The van der Waals surface area contributed by atoms with E-state index in [1.165, 1.54) is 11.1 Å². The number of benzene rings is 2. The smallest absolute Gasteiger partial charge is 0.407 e. The molecule has 172 valence electrons. The number of ether oxygens (including phenoxy) is 1. The first-order valence-electron chi connectivity index (χ1n) is 11.2. The molecule has 0 unspecified atom stereocenters. The van der Waals surface area contributed by atoms with E-state index in [1.54, 1.807) is 0 Å². The second-order valence-corrected chi connectivity index (χ2v) is 8.11. The molecule has 33 heavy (non-hydrogen) atoms. The molecule has 2 aliphatic rings. The fraction of sp³-hybridized carbons (Fsp3) is 0.360. The largest absolute Gasteiger partial charge is 0.449 e. The highest BCUT2D eigenvalue weighted by molar-refractivity contribution is 6.01. The molecule has 0 saturated carbocycles. The first-order chi connectivity index (χ1) is 16.0. The molecule has 0 spiro atoms. The molecule has 0 aromatic heterocycles. The minimum absolute atomic E-state index is 0.0172. The number of amides is 3. The van der Waals surface area contributed by atoms with Gasteiger partial charge >= 0.3 is 12.1 Å². The van der Waals surface area contributed by atoms with Crippen LogP contribution in [-0.4, -0.2) is 42.1 Å². The summed E-state index contributed by atoms with van der Waals surface area (Å²) in [6.07, 6.45) is 1.66. The first kappa shape index (κ1) is 22.5. The SMILES string of the molecule is O=C(CCCCCNC(=O)OCC1c2ccccc2-c2ccccc21)ON1C(=O)CCC1=O. The molecule has 3 amide bonds. The summed E-state index contributed by atoms with van der Waals surface area (Å²) in [6, 6.07) is 16.3. The van der Waals surface area contributed by atoms with Gasteiger partial charge in [0.2, 0.25) is 0 Å². The average Bonchev–Trinajstić information content (AvgIpc) is 3.31. The molecule has 2 aromatic carbocycles. The average molecular weight is 450 g/mol. The molecule has 0 radical (unpaired) electrons. The van der Waals surface area contributed by atoms with E-state index in [0.29, 0.717) is 30.9 Å². The third-order valence-corrected chi connectivity index (χ3v) is 5.87. The van der Waals surface area contributed by atoms with E-state index < -0.39 is 23.9 Å². The molecule has 8 nitrogen and oxygen atoms in total. The number of nitrogens with zero attached hydrogens (tertiary/aromatic N) is 1. The molecule has 1 N–H and O–H groups in total. The number of rotatable bonds is 9. The van der Waals surface area contributed by atoms with Crippen LogP contribution in [0.25, 0.3) is 11.1 Å². The van der Waals surface area contributed by atoms with Crippen molar-refractivity contribution in [2.45, 2.75) is 44.4 Å². The van der Waals surface area contributed by atoms with Crippen LogP contribution in [0, 0.1) is 0 Å². The maximum atomic E-state index is 12.1. The standard InChI is InChI=1S/C25H26N2O6/c28-22-13-14-23(29)27(22)33-24(30)12-2-1-7-15-26-25(31)32-16-21-19-10-5-3-8-17(19)18-9-4-6-11-20(18)21/h3-6,8-11,21H,1-2,7,12-16H2,(H,26,31). The lowest BCUT2D eigenvalue weighted by molar-refractivity contribution is -0.197. The number of fused-ring (bicyclic) bond motifs is 3. The zero-order chi connectivity index (χ0) is 23.2. The maximum absolute atomic E-state index is 12.1. The number of unbranched alkanes of at least 4 members (excludes halogenated alkanes) is 2. The van der Waals surface area contributed by atoms with Gasteiger partial charge in [-0.15, -0.1) is 5.06 Å². The topological polar surface area (TPSA) is 102 Å². The van der Waals surface area contributed by atoms with Crippen molar-refractivity contribution in [3.63, 3.8) is 0 Å². The van der Waals surface area contributed by atoms with Gasteiger partial charge in [0.15, 0.2) is 0 Å². The fourth-order valence-electron chi connectivity index (χ4n) is 4.22. The van der Waals surface area contributed by atoms with Gasteiger partial charge in [-0.3, -0.25) is 9.59 Å². The molecule has 0 bridgehead atoms. The zero-order valence-electron chi connectivity index (χ0n) is 18.2. The van der Waals surface area contributed by atoms with Gasteiger partial charge in [-0.2, -0.15) is 0 Å². The first-order valence-corrected chi connectivity index (χ1v) is 11.2. The second-order valence-electron chi connectivity index (χ2n) is 8.11. The van der Waals surface area contributed by atoms with Crippen molar-refractivity contribution in [2.75, 3.05) is 13.2 Å². The van der Waals surface area contributed by atoms with E-state index in [0.717, 1.165) is 11.1 Å². The van der Waals surface area contributed by atoms with Crippen LogP contribution in [0.4, 0.5) is 4.79 Å². The van der Waals surface area contributed by atoms with Crippen molar-refractivity contribution in [2.24, 2.45) is 0 Å². The Kier molecular flexibility index (Phi) is 7.02. The summed E-state index contributed by atoms with van der Waals surface area (Å²) >= 11 is 0. The molecular weight excluding hydrogens is 424 g/mol. The molecule has 0 atom stereocenters. The van der Waals surface area contributed by atoms with Crippen molar-refractivity contribution in [1.29, 1.82) is 0 Å². The van der Waals surface area contributed by atoms with Gasteiger partial charge in [0, 0.05) is 31.7 Å². The number of hydroxylamine groups is 2. The molecule has 1 aliphatic heterocycles. The summed E-state index contributed by atoms with van der Waals surface area (Å²) in [7, 11) is 0. The Hall–Kier alpha value is -3.68. The summed E-state index contributed by atoms with van der Waals surface area (Å²) in [6.45, 7) is 0.689. The normalized spacial score (nSPS) is 14.7. The monoisotopic (exact) mass is 450 g/mol. The van der Waals surface area contributed by atoms with E-state index in [-0.39, 0.29) is 31.8 Å². The highest BCUT2D eigenvalue weighted by Crippen LogP contribution is 2.44. The van der Waals surface area contributed by atoms with E-state index in [9.17, 15) is 19.2 Å². The lowest BCUT2D eigenvalue weighted by Gasteiger charge is -2.14. The molecule has 2 aromatic rings. The van der Waals surface area contributed by atoms with Crippen LogP contribution in [-0.2, 0) is 24.0 Å². The highest BCUT2D eigenvalue weighted by atomic mass is 16.7. The molecule has 1 fully saturated rings. The summed E-state index contributed by atoms with van der Waals surface area (Å²) < 4.78 is 5.49. The van der Waals surface area contributed by atoms with Gasteiger partial charge < -0.3 is 14.9 Å². The lowest BCUT2D eigenvalue weighted by Crippen LogP contribution is -2.32. The second kappa shape index (κ2) is 10.3. The number of alkyl carbamates (subject to hydrolysis) is 1. The van der Waals surface area contributed by atoms with Crippen molar-refractivity contribution < 1.29 is 28.8 Å². The molecule has 1 heterocycles. The van der Waals surface area contributed by atoms with Crippen LogP contribution in [0.3, 0.4) is 0 Å². The van der Waals surface area contributed by atoms with Crippen LogP contribution in [0.5, 0.6) is 0 Å². The van der Waals surface area contributed by atoms with Crippen LogP contribution >= 0.6 is 0 Å². The van der Waals surface area contributed by atoms with Crippen LogP contribution in [0.2, 0.25) is 0 Å². The predicted molar refractivity (Wildman–Crippen MR) is 119 cm³/mol. The minimum Gasteiger partial charge on any atom is -0.449 e. The maximum Gasteiger partial charge on any atom is 0.407 e. The third kappa shape index (κ3) is 5.22. The lowest BCUT2D eigenvalue weighted by atomic mass is 9.98. The summed E-state index contributed by atoms with van der Waals surface area (Å²) in [5, 5.41) is 3.29. The number of hydrogen-bond donors (Lipinski definition) is 1. The molecule has 1 saturated heterocycles. The van der Waals surface area contributed by atoms with E-state index in [4.69, 9.17) is 9.57 Å². The zero-order valence-corrected chi connectivity index (χ0v) is 18.2. The van der Waals surface area contributed by atoms with Crippen molar-refractivity contribution >= 4 is 23.9 Å². The quantitative estimate of drug-likeness (QED) is 0.462. The van der Waals surface area contributed by atoms with Gasteiger partial charge in [-0.1, -0.05) is 55.0 Å². The minimum atomic E-state index is -0.608. The van der Waals surface area contributed by atoms with Crippen molar-refractivity contribution in [3.05, 3.63) is 59.7 Å². The Labute approximate surface area is 191 Å². The molecule has 1 aliphatic carbocycles. The highest BCUT2D eigenvalue weighted by Gasteiger charge is 2.32. The van der Waals surface area contributed by atoms with E-state index in [2.05, 4.69) is 29.6 Å². The van der Waals surface area contributed by atoms with Crippen molar-refractivity contribution in [1.82, 2.24) is 10.4 Å². The third-order valence-electron chi connectivity index (χ3n) is 5.87. The Morgan fingerprint density at radius 1 is 0.879 bits per heavy atom. The van der Waals surface area contributed by atoms with Crippen LogP contribution < -0.4 is 5.32 Å². The Bertz CT molecular complexity index is 1000. The number of carbonyl (C=O) groups excluding carboxylic acids is 4. The van der Waals surface area contributed by atoms with Crippen LogP contribution in [0.15, 0.2) is 48.5 Å². The number of hydrogen-bond acceptors (Lipinski definition) is 6. The van der Waals surface area contributed by atoms with Gasteiger partial charge in [0.1, 0.15) is 6.61 Å². The Balaban J connectivity index is 1.13. The van der Waals surface area contributed by atoms with Gasteiger partial charge in [-0.25, -0.2) is 9.59 Å². The van der Waals surface area contributed by atoms with Gasteiger partial charge in [0.05, 0.1) is 0 Å². The summed E-state index contributed by atoms with van der Waals surface area (Å²) in [4.78, 5) is 51.6. The Morgan fingerprint density at radius 3 is 2.12 bits per heavy atom. The molecule has 8 heteroatoms. The summed E-state index contributed by atoms with van der Waals surface area (Å²) in [5.41, 5.74) is 4.68. The van der Waals surface area contributed by atoms with E-state index >= 15 is 0 Å².